The van der Waals surface area contributed by atoms with Crippen LogP contribution in [0.1, 0.15) is 5.56 Å². The molecule has 0 aliphatic carbocycles. The third-order valence-electron chi connectivity index (χ3n) is 5.21. The van der Waals surface area contributed by atoms with Crippen molar-refractivity contribution in [1.29, 1.82) is 0 Å². The summed E-state index contributed by atoms with van der Waals surface area (Å²) in [5.41, 5.74) is 12.4. The van der Waals surface area contributed by atoms with Crippen LogP contribution in [0.2, 0.25) is 5.02 Å². The molecule has 6 heteroatoms. The Labute approximate surface area is 172 Å². The van der Waals surface area contributed by atoms with E-state index in [2.05, 4.69) is 45.0 Å². The molecule has 3 N–H and O–H groups in total. The number of nitrogen functional groups attached to an aromatic ring is 1. The highest BCUT2D eigenvalue weighted by atomic mass is 35.5. The smallest absolute Gasteiger partial charge is 0.300 e. The SMILES string of the molecule is Cc1ccc(Oc2nc3cc(-c4ccc5c(ccn5C)c4)c(Cl)cc3[nH]2)cc1N. The number of hydrogen-bond acceptors (Lipinski definition) is 3. The average molecular weight is 403 g/mol. The fourth-order valence-corrected chi connectivity index (χ4v) is 3.79. The number of nitrogens with zero attached hydrogens (tertiary/aromatic N) is 2. The Hall–Kier alpha value is -3.44. The molecular formula is C23H19ClN4O. The molecule has 2 heterocycles. The number of imidazole rings is 1. The van der Waals surface area contributed by atoms with Crippen molar-refractivity contribution in [2.75, 3.05) is 5.73 Å². The lowest BCUT2D eigenvalue weighted by atomic mass is 10.0. The highest BCUT2D eigenvalue weighted by molar-refractivity contribution is 6.34. The number of anilines is 1. The molecule has 0 aliphatic heterocycles. The van der Waals surface area contributed by atoms with Crippen molar-refractivity contribution in [2.45, 2.75) is 6.92 Å². The van der Waals surface area contributed by atoms with E-state index < -0.39 is 0 Å². The van der Waals surface area contributed by atoms with Gasteiger partial charge in [0.1, 0.15) is 5.75 Å². The molecular weight excluding hydrogens is 384 g/mol. The summed E-state index contributed by atoms with van der Waals surface area (Å²) in [4.78, 5) is 7.74. The summed E-state index contributed by atoms with van der Waals surface area (Å²) in [5, 5.41) is 1.83. The van der Waals surface area contributed by atoms with Crippen molar-refractivity contribution < 1.29 is 4.74 Å². The number of fused-ring (bicyclic) bond motifs is 2. The van der Waals surface area contributed by atoms with Crippen LogP contribution in [0.3, 0.4) is 0 Å². The van der Waals surface area contributed by atoms with Crippen LogP contribution in [0, 0.1) is 6.92 Å². The highest BCUT2D eigenvalue weighted by Crippen LogP contribution is 2.34. The van der Waals surface area contributed by atoms with E-state index in [1.54, 1.807) is 6.07 Å². The molecule has 5 rings (SSSR count). The van der Waals surface area contributed by atoms with Gasteiger partial charge < -0.3 is 20.0 Å². The standard InChI is InChI=1S/C23H19ClN4O/c1-13-3-5-16(10-19(13)25)29-23-26-20-11-17(18(24)12-21(20)27-23)14-4-6-22-15(9-14)7-8-28(22)2/h3-12H,25H2,1-2H3,(H,26,27). The number of benzene rings is 3. The largest absolute Gasteiger partial charge is 0.426 e. The van der Waals surface area contributed by atoms with Gasteiger partial charge in [-0.2, -0.15) is 4.98 Å². The van der Waals surface area contributed by atoms with Crippen LogP contribution < -0.4 is 10.5 Å². The first kappa shape index (κ1) is 17.6. The maximum Gasteiger partial charge on any atom is 0.300 e. The van der Waals surface area contributed by atoms with Gasteiger partial charge in [0, 0.05) is 41.5 Å². The van der Waals surface area contributed by atoms with Crippen molar-refractivity contribution in [3.63, 3.8) is 0 Å². The normalized spacial score (nSPS) is 11.4. The number of rotatable bonds is 3. The van der Waals surface area contributed by atoms with Gasteiger partial charge in [0.15, 0.2) is 0 Å². The Morgan fingerprint density at radius 1 is 1.07 bits per heavy atom. The second kappa shape index (κ2) is 6.57. The summed E-state index contributed by atoms with van der Waals surface area (Å²) in [6, 6.07) is 18.3. The number of nitrogens with one attached hydrogen (secondary N) is 1. The first-order valence-electron chi connectivity index (χ1n) is 9.26. The summed E-state index contributed by atoms with van der Waals surface area (Å²) in [5.74, 6) is 0.632. The summed E-state index contributed by atoms with van der Waals surface area (Å²) in [6.45, 7) is 1.95. The predicted octanol–water partition coefficient (Wildman–Crippen LogP) is 6.06. The van der Waals surface area contributed by atoms with E-state index in [4.69, 9.17) is 22.1 Å². The minimum atomic E-state index is 0.398. The molecule has 0 spiro atoms. The fraction of sp³-hybridized carbons (Fsp3) is 0.0870. The Bertz CT molecular complexity index is 1380. The van der Waals surface area contributed by atoms with Gasteiger partial charge in [0.2, 0.25) is 0 Å². The molecule has 0 atom stereocenters. The predicted molar refractivity (Wildman–Crippen MR) is 119 cm³/mol. The van der Waals surface area contributed by atoms with E-state index in [1.807, 2.05) is 38.2 Å². The lowest BCUT2D eigenvalue weighted by molar-refractivity contribution is 0.449. The van der Waals surface area contributed by atoms with Gasteiger partial charge in [-0.3, -0.25) is 0 Å². The Morgan fingerprint density at radius 2 is 1.93 bits per heavy atom. The lowest BCUT2D eigenvalue weighted by Gasteiger charge is -2.06. The van der Waals surface area contributed by atoms with Gasteiger partial charge in [-0.15, -0.1) is 0 Å². The van der Waals surface area contributed by atoms with E-state index in [-0.39, 0.29) is 0 Å². The van der Waals surface area contributed by atoms with Gasteiger partial charge in [0.25, 0.3) is 6.01 Å². The lowest BCUT2D eigenvalue weighted by Crippen LogP contribution is -1.91. The van der Waals surface area contributed by atoms with Crippen molar-refractivity contribution >= 4 is 39.2 Å². The zero-order chi connectivity index (χ0) is 20.1. The van der Waals surface area contributed by atoms with E-state index in [0.29, 0.717) is 22.5 Å². The molecule has 0 bridgehead atoms. The molecule has 0 unspecified atom stereocenters. The van der Waals surface area contributed by atoms with Crippen LogP contribution in [-0.2, 0) is 7.05 Å². The molecule has 0 saturated carbocycles. The summed E-state index contributed by atoms with van der Waals surface area (Å²) >= 11 is 6.59. The molecule has 0 radical (unpaired) electrons. The van der Waals surface area contributed by atoms with Gasteiger partial charge in [0.05, 0.1) is 16.1 Å². The summed E-state index contributed by atoms with van der Waals surface area (Å²) in [6.07, 6.45) is 2.05. The van der Waals surface area contributed by atoms with Crippen LogP contribution in [0.5, 0.6) is 11.8 Å². The van der Waals surface area contributed by atoms with E-state index in [1.165, 1.54) is 10.9 Å². The maximum absolute atomic E-state index is 6.59. The molecule has 0 fully saturated rings. The molecule has 3 aromatic carbocycles. The first-order valence-corrected chi connectivity index (χ1v) is 9.64. The molecule has 144 valence electrons. The Morgan fingerprint density at radius 3 is 2.76 bits per heavy atom. The average Bonchev–Trinajstić information content (AvgIpc) is 3.26. The molecule has 5 nitrogen and oxygen atoms in total. The number of halogens is 1. The maximum atomic E-state index is 6.59. The topological polar surface area (TPSA) is 68.9 Å². The van der Waals surface area contributed by atoms with Gasteiger partial charge >= 0.3 is 0 Å². The van der Waals surface area contributed by atoms with Crippen molar-refractivity contribution in [3.05, 3.63) is 71.4 Å². The van der Waals surface area contributed by atoms with E-state index in [9.17, 15) is 0 Å². The minimum absolute atomic E-state index is 0.398. The van der Waals surface area contributed by atoms with Crippen LogP contribution in [0.4, 0.5) is 5.69 Å². The quantitative estimate of drug-likeness (QED) is 0.360. The van der Waals surface area contributed by atoms with Crippen LogP contribution in [-0.4, -0.2) is 14.5 Å². The number of ether oxygens (including phenoxy) is 1. The molecule has 29 heavy (non-hydrogen) atoms. The molecule has 0 amide bonds. The number of H-pyrrole nitrogens is 1. The molecule has 2 aromatic heterocycles. The number of hydrogen-bond donors (Lipinski definition) is 2. The van der Waals surface area contributed by atoms with Crippen LogP contribution in [0.25, 0.3) is 33.1 Å². The zero-order valence-electron chi connectivity index (χ0n) is 16.0. The van der Waals surface area contributed by atoms with E-state index >= 15 is 0 Å². The summed E-state index contributed by atoms with van der Waals surface area (Å²) < 4.78 is 7.95. The highest BCUT2D eigenvalue weighted by Gasteiger charge is 2.12. The van der Waals surface area contributed by atoms with E-state index in [0.717, 1.165) is 27.7 Å². The van der Waals surface area contributed by atoms with Gasteiger partial charge in [-0.1, -0.05) is 23.7 Å². The van der Waals surface area contributed by atoms with Crippen molar-refractivity contribution in [2.24, 2.45) is 7.05 Å². The minimum Gasteiger partial charge on any atom is -0.426 e. The first-order chi connectivity index (χ1) is 14.0. The zero-order valence-corrected chi connectivity index (χ0v) is 16.8. The van der Waals surface area contributed by atoms with Crippen LogP contribution in [0.15, 0.2) is 60.8 Å². The monoisotopic (exact) mass is 402 g/mol. The number of aromatic amines is 1. The number of aromatic nitrogens is 3. The molecule has 0 aliphatic rings. The molecule has 0 saturated heterocycles. The number of nitrogens with two attached hydrogens (primary N) is 1. The second-order valence-electron chi connectivity index (χ2n) is 7.21. The fourth-order valence-electron chi connectivity index (χ4n) is 3.52. The summed E-state index contributed by atoms with van der Waals surface area (Å²) in [7, 11) is 2.04. The third-order valence-corrected chi connectivity index (χ3v) is 5.52. The van der Waals surface area contributed by atoms with Gasteiger partial charge in [-0.05, 0) is 54.4 Å². The van der Waals surface area contributed by atoms with Crippen LogP contribution >= 0.6 is 11.6 Å². The number of aryl methyl sites for hydroxylation is 2. The Kier molecular flexibility index (Phi) is 4.00. The van der Waals surface area contributed by atoms with Crippen molar-refractivity contribution in [3.8, 4) is 22.9 Å². The van der Waals surface area contributed by atoms with Gasteiger partial charge in [-0.25, -0.2) is 0 Å². The Balaban J connectivity index is 1.53. The molecule has 5 aromatic rings. The third kappa shape index (κ3) is 3.09. The van der Waals surface area contributed by atoms with Crippen molar-refractivity contribution in [1.82, 2.24) is 14.5 Å². The second-order valence-corrected chi connectivity index (χ2v) is 7.62.